The summed E-state index contributed by atoms with van der Waals surface area (Å²) < 4.78 is 5.37. The second-order valence-corrected chi connectivity index (χ2v) is 9.50. The van der Waals surface area contributed by atoms with Gasteiger partial charge >= 0.3 is 6.03 Å². The van der Waals surface area contributed by atoms with Crippen LogP contribution in [0.2, 0.25) is 0 Å². The fourth-order valence-electron chi connectivity index (χ4n) is 5.35. The van der Waals surface area contributed by atoms with E-state index in [1.54, 1.807) is 0 Å². The number of piperazine rings is 1. The fourth-order valence-corrected chi connectivity index (χ4v) is 5.35. The normalized spacial score (nSPS) is 33.5. The van der Waals surface area contributed by atoms with E-state index in [-0.39, 0.29) is 35.8 Å². The molecule has 4 rings (SSSR count). The zero-order valence-electron chi connectivity index (χ0n) is 17.1. The van der Waals surface area contributed by atoms with Crippen LogP contribution in [-0.2, 0) is 11.3 Å². The average Bonchev–Trinajstić information content (AvgIpc) is 3.13. The number of urea groups is 1. The van der Waals surface area contributed by atoms with Crippen LogP contribution in [0.15, 0.2) is 4.52 Å². The number of nitrogens with one attached hydrogen (secondary N) is 2. The van der Waals surface area contributed by atoms with Crippen molar-refractivity contribution < 1.29 is 14.1 Å². The highest BCUT2D eigenvalue weighted by Crippen LogP contribution is 2.46. The molecule has 3 amide bonds. The molecule has 2 saturated heterocycles. The highest BCUT2D eigenvalue weighted by Gasteiger charge is 2.56. The molecule has 3 fully saturated rings. The molecule has 1 aliphatic carbocycles. The van der Waals surface area contributed by atoms with E-state index in [1.807, 2.05) is 7.05 Å². The summed E-state index contributed by atoms with van der Waals surface area (Å²) in [4.78, 5) is 33.7. The summed E-state index contributed by atoms with van der Waals surface area (Å²) >= 11 is 0. The van der Waals surface area contributed by atoms with Crippen LogP contribution in [0, 0.1) is 11.3 Å². The standard InChI is InChI=1S/C19H30N6O3/c1-12-7-18(2,3)11-19(8-12)16(26)25(17(27)22-19)10-14-21-15(23-28-14)13-9-20-5-6-24(13)4/h12-13,20H,5-11H2,1-4H3,(H,22,27). The number of carbonyl (C=O) groups excluding carboxylic acids is 2. The van der Waals surface area contributed by atoms with Crippen LogP contribution in [0.5, 0.6) is 0 Å². The van der Waals surface area contributed by atoms with Crippen LogP contribution in [0.3, 0.4) is 0 Å². The number of imide groups is 1. The number of rotatable bonds is 3. The predicted molar refractivity (Wildman–Crippen MR) is 101 cm³/mol. The molecule has 9 heteroatoms. The topological polar surface area (TPSA) is 104 Å². The van der Waals surface area contributed by atoms with E-state index in [9.17, 15) is 9.59 Å². The Morgan fingerprint density at radius 2 is 2.07 bits per heavy atom. The summed E-state index contributed by atoms with van der Waals surface area (Å²) in [6.45, 7) is 9.04. The van der Waals surface area contributed by atoms with Crippen molar-refractivity contribution in [1.82, 2.24) is 30.6 Å². The van der Waals surface area contributed by atoms with Gasteiger partial charge < -0.3 is 15.2 Å². The lowest BCUT2D eigenvalue weighted by Crippen LogP contribution is -2.54. The highest BCUT2D eigenvalue weighted by atomic mass is 16.5. The molecule has 2 N–H and O–H groups in total. The number of hydrogen-bond donors (Lipinski definition) is 2. The van der Waals surface area contributed by atoms with E-state index in [1.165, 1.54) is 4.90 Å². The van der Waals surface area contributed by atoms with E-state index in [4.69, 9.17) is 4.52 Å². The Morgan fingerprint density at radius 3 is 2.79 bits per heavy atom. The number of aromatic nitrogens is 2. The van der Waals surface area contributed by atoms with E-state index >= 15 is 0 Å². The van der Waals surface area contributed by atoms with Crippen LogP contribution in [-0.4, -0.2) is 64.1 Å². The molecule has 3 unspecified atom stereocenters. The molecule has 1 aromatic rings. The smallest absolute Gasteiger partial charge is 0.325 e. The molecule has 154 valence electrons. The Morgan fingerprint density at radius 1 is 1.29 bits per heavy atom. The lowest BCUT2D eigenvalue weighted by molar-refractivity contribution is -0.135. The first kappa shape index (κ1) is 19.3. The maximum Gasteiger partial charge on any atom is 0.325 e. The van der Waals surface area contributed by atoms with Crippen molar-refractivity contribution in [3.8, 4) is 0 Å². The van der Waals surface area contributed by atoms with Gasteiger partial charge in [-0.2, -0.15) is 4.98 Å². The first-order valence-electron chi connectivity index (χ1n) is 10.1. The summed E-state index contributed by atoms with van der Waals surface area (Å²) in [5.41, 5.74) is -0.804. The maximum atomic E-state index is 13.2. The Bertz CT molecular complexity index is 777. The minimum atomic E-state index is -0.811. The molecule has 28 heavy (non-hydrogen) atoms. The first-order chi connectivity index (χ1) is 13.2. The molecule has 2 aliphatic heterocycles. The molecular weight excluding hydrogens is 360 g/mol. The molecule has 1 spiro atoms. The monoisotopic (exact) mass is 390 g/mol. The quantitative estimate of drug-likeness (QED) is 0.749. The molecule has 0 radical (unpaired) electrons. The van der Waals surface area contributed by atoms with Crippen molar-refractivity contribution in [3.63, 3.8) is 0 Å². The van der Waals surface area contributed by atoms with E-state index < -0.39 is 5.54 Å². The van der Waals surface area contributed by atoms with Crippen molar-refractivity contribution in [2.24, 2.45) is 11.3 Å². The van der Waals surface area contributed by atoms with Crippen LogP contribution >= 0.6 is 0 Å². The van der Waals surface area contributed by atoms with Gasteiger partial charge in [0.1, 0.15) is 12.1 Å². The zero-order chi connectivity index (χ0) is 20.1. The first-order valence-corrected chi connectivity index (χ1v) is 10.1. The number of amides is 3. The van der Waals surface area contributed by atoms with Crippen LogP contribution in [0.25, 0.3) is 0 Å². The lowest BCUT2D eigenvalue weighted by Gasteiger charge is -2.43. The van der Waals surface area contributed by atoms with E-state index in [0.717, 1.165) is 26.1 Å². The van der Waals surface area contributed by atoms with Gasteiger partial charge in [-0.1, -0.05) is 25.9 Å². The third-order valence-electron chi connectivity index (χ3n) is 6.21. The second-order valence-electron chi connectivity index (χ2n) is 9.50. The maximum absolute atomic E-state index is 13.2. The summed E-state index contributed by atoms with van der Waals surface area (Å²) in [6, 6.07) is -0.341. The third-order valence-corrected chi connectivity index (χ3v) is 6.21. The predicted octanol–water partition coefficient (Wildman–Crippen LogP) is 1.28. The van der Waals surface area contributed by atoms with Crippen LogP contribution in [0.1, 0.15) is 57.8 Å². The molecular formula is C19H30N6O3. The van der Waals surface area contributed by atoms with Gasteiger partial charge in [0.15, 0.2) is 5.82 Å². The molecule has 0 bridgehead atoms. The van der Waals surface area contributed by atoms with Gasteiger partial charge in [0.2, 0.25) is 5.89 Å². The van der Waals surface area contributed by atoms with Crippen LogP contribution in [0.4, 0.5) is 4.79 Å². The molecule has 1 saturated carbocycles. The van der Waals surface area contributed by atoms with Gasteiger partial charge in [0.25, 0.3) is 5.91 Å². The molecule has 1 aromatic heterocycles. The zero-order valence-corrected chi connectivity index (χ0v) is 17.1. The van der Waals surface area contributed by atoms with Crippen molar-refractivity contribution in [3.05, 3.63) is 11.7 Å². The number of carbonyl (C=O) groups is 2. The Balaban J connectivity index is 1.50. The van der Waals surface area contributed by atoms with Gasteiger partial charge in [0, 0.05) is 19.6 Å². The molecule has 3 atom stereocenters. The molecule has 0 aromatic carbocycles. The summed E-state index contributed by atoms with van der Waals surface area (Å²) in [7, 11) is 2.02. The van der Waals surface area contributed by atoms with Crippen molar-refractivity contribution in [2.75, 3.05) is 26.7 Å². The molecule has 3 heterocycles. The van der Waals surface area contributed by atoms with Gasteiger partial charge in [-0.05, 0) is 37.6 Å². The average molecular weight is 390 g/mol. The lowest BCUT2D eigenvalue weighted by atomic mass is 9.64. The second kappa shape index (κ2) is 6.81. The fraction of sp³-hybridized carbons (Fsp3) is 0.789. The number of nitrogens with zero attached hydrogens (tertiary/aromatic N) is 4. The third kappa shape index (κ3) is 3.41. The van der Waals surface area contributed by atoms with Gasteiger partial charge in [-0.3, -0.25) is 14.6 Å². The summed E-state index contributed by atoms with van der Waals surface area (Å²) in [5, 5.41) is 10.4. The minimum absolute atomic E-state index is 0.00679. The SMILES string of the molecule is CC1CC(C)(C)CC2(C1)NC(=O)N(Cc1nc(C3CNCCN3C)no1)C2=O. The highest BCUT2D eigenvalue weighted by molar-refractivity contribution is 6.07. The largest absolute Gasteiger partial charge is 0.337 e. The van der Waals surface area contributed by atoms with E-state index in [2.05, 4.69) is 46.4 Å². The van der Waals surface area contributed by atoms with Crippen molar-refractivity contribution >= 4 is 11.9 Å². The van der Waals surface area contributed by atoms with Crippen molar-refractivity contribution in [2.45, 2.75) is 58.2 Å². The summed E-state index contributed by atoms with van der Waals surface area (Å²) in [6.07, 6.45) is 2.37. The molecule has 9 nitrogen and oxygen atoms in total. The van der Waals surface area contributed by atoms with Gasteiger partial charge in [-0.25, -0.2) is 4.79 Å². The Labute approximate surface area is 165 Å². The van der Waals surface area contributed by atoms with Crippen molar-refractivity contribution in [1.29, 1.82) is 0 Å². The van der Waals surface area contributed by atoms with Crippen LogP contribution < -0.4 is 10.6 Å². The minimum Gasteiger partial charge on any atom is -0.337 e. The molecule has 3 aliphatic rings. The van der Waals surface area contributed by atoms with Gasteiger partial charge in [-0.15, -0.1) is 0 Å². The summed E-state index contributed by atoms with van der Waals surface area (Å²) in [5.74, 6) is 1.07. The Kier molecular flexibility index (Phi) is 4.70. The number of hydrogen-bond acceptors (Lipinski definition) is 7. The van der Waals surface area contributed by atoms with Gasteiger partial charge in [0.05, 0.1) is 6.04 Å². The van der Waals surface area contributed by atoms with E-state index in [0.29, 0.717) is 24.6 Å². The number of likely N-dealkylation sites (N-methyl/N-ethyl adjacent to an activating group) is 1. The Hall–Kier alpha value is -2.00.